The summed E-state index contributed by atoms with van der Waals surface area (Å²) in [6.45, 7) is 9.25. The van der Waals surface area contributed by atoms with Crippen molar-refractivity contribution in [3.05, 3.63) is 53.3 Å². The van der Waals surface area contributed by atoms with Crippen molar-refractivity contribution in [3.8, 4) is 11.3 Å². The Hall–Kier alpha value is -2.13. The molecule has 3 heteroatoms. The molecule has 5 rings (SSSR count). The lowest BCUT2D eigenvalue weighted by Gasteiger charge is -2.39. The first-order chi connectivity index (χ1) is 15.1. The number of H-pyrrole nitrogens is 1. The van der Waals surface area contributed by atoms with E-state index in [1.54, 1.807) is 0 Å². The molecule has 1 aromatic carbocycles. The van der Waals surface area contributed by atoms with Crippen molar-refractivity contribution in [2.45, 2.75) is 83.6 Å². The zero-order valence-electron chi connectivity index (χ0n) is 19.5. The zero-order valence-corrected chi connectivity index (χ0v) is 19.5. The number of nitrogens with one attached hydrogen (secondary N) is 1. The van der Waals surface area contributed by atoms with Crippen molar-refractivity contribution in [1.29, 1.82) is 0 Å². The summed E-state index contributed by atoms with van der Waals surface area (Å²) in [6.07, 6.45) is 11.7. The van der Waals surface area contributed by atoms with E-state index in [1.807, 2.05) is 6.20 Å². The van der Waals surface area contributed by atoms with Crippen LogP contribution in [-0.4, -0.2) is 34.0 Å². The summed E-state index contributed by atoms with van der Waals surface area (Å²) < 4.78 is 0. The molecule has 0 unspecified atom stereocenters. The molecule has 3 nitrogen and oxygen atoms in total. The molecule has 1 aliphatic carbocycles. The molecular weight excluding hydrogens is 378 g/mol. The van der Waals surface area contributed by atoms with Gasteiger partial charge in [-0.3, -0.25) is 4.98 Å². The average molecular weight is 416 g/mol. The van der Waals surface area contributed by atoms with Crippen molar-refractivity contribution < 1.29 is 0 Å². The van der Waals surface area contributed by atoms with Gasteiger partial charge in [0.2, 0.25) is 0 Å². The van der Waals surface area contributed by atoms with E-state index in [2.05, 4.69) is 66.0 Å². The minimum atomic E-state index is 0.473. The van der Waals surface area contributed by atoms with E-state index < -0.39 is 0 Å². The number of aromatic amines is 1. The van der Waals surface area contributed by atoms with Gasteiger partial charge in [-0.2, -0.15) is 0 Å². The van der Waals surface area contributed by atoms with Crippen LogP contribution in [0, 0.1) is 6.92 Å². The van der Waals surface area contributed by atoms with Crippen LogP contribution in [0.5, 0.6) is 0 Å². The molecule has 0 amide bonds. The maximum atomic E-state index is 4.39. The second-order valence-electron chi connectivity index (χ2n) is 10.2. The predicted molar refractivity (Wildman–Crippen MR) is 131 cm³/mol. The standard InChI is InChI=1S/C28H37N3/c1-19(2)27-25-18-22(21-12-15-31(16-13-21)24-7-5-4-6-8-24)9-10-26(25)30-28(27)23-11-14-29-20(3)17-23/h9-11,14,17-19,21,24,30H,4-8,12-13,15-16H2,1-3H3. The van der Waals surface area contributed by atoms with Crippen LogP contribution in [0.4, 0.5) is 0 Å². The fraction of sp³-hybridized carbons (Fsp3) is 0.536. The number of aromatic nitrogens is 2. The molecule has 3 aromatic rings. The minimum absolute atomic E-state index is 0.473. The van der Waals surface area contributed by atoms with Gasteiger partial charge in [-0.25, -0.2) is 0 Å². The van der Waals surface area contributed by atoms with Crippen LogP contribution >= 0.6 is 0 Å². The van der Waals surface area contributed by atoms with Crippen molar-refractivity contribution in [1.82, 2.24) is 14.9 Å². The summed E-state index contributed by atoms with van der Waals surface area (Å²) in [6, 6.07) is 12.4. The van der Waals surface area contributed by atoms with Crippen LogP contribution < -0.4 is 0 Å². The van der Waals surface area contributed by atoms with Crippen LogP contribution in [0.3, 0.4) is 0 Å². The Morgan fingerprint density at radius 3 is 2.45 bits per heavy atom. The second kappa shape index (κ2) is 8.78. The molecule has 31 heavy (non-hydrogen) atoms. The Labute approximate surface area is 187 Å². The van der Waals surface area contributed by atoms with Gasteiger partial charge in [0.15, 0.2) is 0 Å². The van der Waals surface area contributed by atoms with Crippen LogP contribution in [0.2, 0.25) is 0 Å². The lowest BCUT2D eigenvalue weighted by Crippen LogP contribution is -2.41. The van der Waals surface area contributed by atoms with Gasteiger partial charge in [0, 0.05) is 34.4 Å². The fourth-order valence-electron chi connectivity index (χ4n) is 6.06. The van der Waals surface area contributed by atoms with Gasteiger partial charge in [-0.05, 0) is 92.9 Å². The Morgan fingerprint density at radius 1 is 0.968 bits per heavy atom. The molecule has 164 valence electrons. The van der Waals surface area contributed by atoms with Crippen molar-refractivity contribution in [2.75, 3.05) is 13.1 Å². The molecule has 2 aliphatic rings. The van der Waals surface area contributed by atoms with E-state index >= 15 is 0 Å². The van der Waals surface area contributed by atoms with E-state index in [-0.39, 0.29) is 0 Å². The number of fused-ring (bicyclic) bond motifs is 1. The molecule has 2 fully saturated rings. The predicted octanol–water partition coefficient (Wildman–Crippen LogP) is 7.17. The molecular formula is C28H37N3. The van der Waals surface area contributed by atoms with Crippen LogP contribution in [0.1, 0.15) is 87.4 Å². The van der Waals surface area contributed by atoms with Crippen LogP contribution in [0.25, 0.3) is 22.2 Å². The van der Waals surface area contributed by atoms with Gasteiger partial charge >= 0.3 is 0 Å². The normalized spacial score (nSPS) is 19.5. The fourth-order valence-corrected chi connectivity index (χ4v) is 6.06. The number of hydrogen-bond acceptors (Lipinski definition) is 2. The van der Waals surface area contributed by atoms with Gasteiger partial charge < -0.3 is 9.88 Å². The van der Waals surface area contributed by atoms with Crippen LogP contribution in [-0.2, 0) is 0 Å². The summed E-state index contributed by atoms with van der Waals surface area (Å²) in [5.41, 5.74) is 7.82. The van der Waals surface area contributed by atoms with Gasteiger partial charge in [0.25, 0.3) is 0 Å². The third kappa shape index (κ3) is 4.17. The summed E-state index contributed by atoms with van der Waals surface area (Å²) in [5, 5.41) is 1.41. The first kappa shape index (κ1) is 20.8. The number of benzene rings is 1. The Bertz CT molecular complexity index is 1030. The number of rotatable bonds is 4. The maximum absolute atomic E-state index is 4.39. The quantitative estimate of drug-likeness (QED) is 0.489. The number of aryl methyl sites for hydroxylation is 1. The Morgan fingerprint density at radius 2 is 1.74 bits per heavy atom. The number of pyridine rings is 1. The number of nitrogens with zero attached hydrogens (tertiary/aromatic N) is 2. The van der Waals surface area contributed by atoms with Gasteiger partial charge in [0.1, 0.15) is 0 Å². The molecule has 1 saturated heterocycles. The largest absolute Gasteiger partial charge is 0.354 e. The average Bonchev–Trinajstić information content (AvgIpc) is 3.19. The van der Waals surface area contributed by atoms with E-state index in [0.717, 1.165) is 11.7 Å². The smallest absolute Gasteiger partial charge is 0.0501 e. The third-order valence-corrected chi connectivity index (χ3v) is 7.72. The third-order valence-electron chi connectivity index (χ3n) is 7.72. The molecule has 1 aliphatic heterocycles. The lowest BCUT2D eigenvalue weighted by atomic mass is 9.85. The molecule has 2 aromatic heterocycles. The van der Waals surface area contributed by atoms with Crippen molar-refractivity contribution >= 4 is 10.9 Å². The highest BCUT2D eigenvalue weighted by Gasteiger charge is 2.27. The Balaban J connectivity index is 1.41. The second-order valence-corrected chi connectivity index (χ2v) is 10.2. The van der Waals surface area contributed by atoms with Gasteiger partial charge in [-0.1, -0.05) is 39.2 Å². The molecule has 0 atom stereocenters. The van der Waals surface area contributed by atoms with Gasteiger partial charge in [-0.15, -0.1) is 0 Å². The molecule has 1 saturated carbocycles. The summed E-state index contributed by atoms with van der Waals surface area (Å²) >= 11 is 0. The van der Waals surface area contributed by atoms with E-state index in [1.165, 1.54) is 91.3 Å². The zero-order chi connectivity index (χ0) is 21.4. The van der Waals surface area contributed by atoms with E-state index in [4.69, 9.17) is 0 Å². The molecule has 3 heterocycles. The summed E-state index contributed by atoms with van der Waals surface area (Å²) in [7, 11) is 0. The van der Waals surface area contributed by atoms with Crippen LogP contribution in [0.15, 0.2) is 36.5 Å². The number of hydrogen-bond donors (Lipinski definition) is 1. The molecule has 0 bridgehead atoms. The minimum Gasteiger partial charge on any atom is -0.354 e. The maximum Gasteiger partial charge on any atom is 0.0501 e. The highest BCUT2D eigenvalue weighted by molar-refractivity contribution is 5.92. The van der Waals surface area contributed by atoms with Gasteiger partial charge in [0.05, 0.1) is 5.69 Å². The number of piperidine rings is 1. The molecule has 1 N–H and O–H groups in total. The Kier molecular flexibility index (Phi) is 5.88. The topological polar surface area (TPSA) is 31.9 Å². The summed E-state index contributed by atoms with van der Waals surface area (Å²) in [4.78, 5) is 10.9. The SMILES string of the molecule is Cc1cc(-c2[nH]c3ccc(C4CCN(C5CCCCC5)CC4)cc3c2C(C)C)ccn1. The monoisotopic (exact) mass is 415 g/mol. The van der Waals surface area contributed by atoms with Crippen molar-refractivity contribution in [3.63, 3.8) is 0 Å². The highest BCUT2D eigenvalue weighted by Crippen LogP contribution is 2.39. The first-order valence-corrected chi connectivity index (χ1v) is 12.4. The van der Waals surface area contributed by atoms with E-state index in [9.17, 15) is 0 Å². The first-order valence-electron chi connectivity index (χ1n) is 12.4. The highest BCUT2D eigenvalue weighted by atomic mass is 15.2. The molecule has 0 spiro atoms. The lowest BCUT2D eigenvalue weighted by molar-refractivity contribution is 0.122. The summed E-state index contributed by atoms with van der Waals surface area (Å²) in [5.74, 6) is 1.17. The number of likely N-dealkylation sites (tertiary alicyclic amines) is 1. The molecule has 0 radical (unpaired) electrons. The van der Waals surface area contributed by atoms with E-state index in [0.29, 0.717) is 11.8 Å². The van der Waals surface area contributed by atoms with Crippen molar-refractivity contribution in [2.24, 2.45) is 0 Å².